The first kappa shape index (κ1) is 13.8. The van der Waals surface area contributed by atoms with Crippen LogP contribution in [0.3, 0.4) is 0 Å². The van der Waals surface area contributed by atoms with E-state index in [-0.39, 0.29) is 11.4 Å². The van der Waals surface area contributed by atoms with E-state index in [0.29, 0.717) is 5.02 Å². The van der Waals surface area contributed by atoms with Crippen molar-refractivity contribution in [2.75, 3.05) is 0 Å². The first-order valence-electron chi connectivity index (χ1n) is 5.28. The largest absolute Gasteiger partial charge is 0.418 e. The summed E-state index contributed by atoms with van der Waals surface area (Å²) in [5.41, 5.74) is 4.95. The lowest BCUT2D eigenvalue weighted by Crippen LogP contribution is -2.20. The van der Waals surface area contributed by atoms with Crippen LogP contribution in [0, 0.1) is 0 Å². The Labute approximate surface area is 112 Å². The summed E-state index contributed by atoms with van der Waals surface area (Å²) in [7, 11) is 0. The molecule has 0 aromatic carbocycles. The summed E-state index contributed by atoms with van der Waals surface area (Å²) in [5, 5.41) is 0.382. The maximum Gasteiger partial charge on any atom is 0.418 e. The minimum Gasteiger partial charge on any atom is -0.318 e. The molecule has 2 heterocycles. The highest BCUT2D eigenvalue weighted by atomic mass is 35.5. The second-order valence-electron chi connectivity index (χ2n) is 3.81. The maximum absolute atomic E-state index is 12.9. The van der Waals surface area contributed by atoms with Gasteiger partial charge in [0.1, 0.15) is 0 Å². The summed E-state index contributed by atoms with van der Waals surface area (Å²) in [6.45, 7) is 0. The molecular weight excluding hydrogens is 279 g/mol. The number of alkyl halides is 3. The fraction of sp³-hybridized carbons (Fsp3) is 0.167. The maximum atomic E-state index is 12.9. The van der Waals surface area contributed by atoms with Crippen molar-refractivity contribution in [2.24, 2.45) is 5.73 Å². The predicted octanol–water partition coefficient (Wildman–Crippen LogP) is 3.20. The molecule has 0 aliphatic heterocycles. The van der Waals surface area contributed by atoms with Crippen LogP contribution in [-0.4, -0.2) is 9.97 Å². The highest BCUT2D eigenvalue weighted by Crippen LogP contribution is 2.34. The van der Waals surface area contributed by atoms with Gasteiger partial charge in [-0.2, -0.15) is 13.2 Å². The van der Waals surface area contributed by atoms with E-state index in [1.54, 1.807) is 0 Å². The second-order valence-corrected chi connectivity index (χ2v) is 4.25. The van der Waals surface area contributed by atoms with Crippen LogP contribution in [0.15, 0.2) is 36.7 Å². The predicted molar refractivity (Wildman–Crippen MR) is 64.5 cm³/mol. The third-order valence-corrected chi connectivity index (χ3v) is 2.73. The lowest BCUT2D eigenvalue weighted by molar-refractivity contribution is -0.138. The Morgan fingerprint density at radius 2 is 1.89 bits per heavy atom. The van der Waals surface area contributed by atoms with Gasteiger partial charge in [-0.05, 0) is 24.3 Å². The van der Waals surface area contributed by atoms with Crippen molar-refractivity contribution in [3.63, 3.8) is 0 Å². The van der Waals surface area contributed by atoms with Crippen molar-refractivity contribution in [2.45, 2.75) is 12.2 Å². The first-order chi connectivity index (χ1) is 8.89. The number of rotatable bonds is 2. The van der Waals surface area contributed by atoms with Gasteiger partial charge >= 0.3 is 6.18 Å². The van der Waals surface area contributed by atoms with Crippen LogP contribution < -0.4 is 5.73 Å². The smallest absolute Gasteiger partial charge is 0.318 e. The van der Waals surface area contributed by atoms with Crippen LogP contribution in [0.4, 0.5) is 13.2 Å². The molecule has 3 nitrogen and oxygen atoms in total. The summed E-state index contributed by atoms with van der Waals surface area (Å²) in [6.07, 6.45) is -1.92. The van der Waals surface area contributed by atoms with E-state index < -0.39 is 17.8 Å². The summed E-state index contributed by atoms with van der Waals surface area (Å²) >= 11 is 5.67. The number of hydrogen-bond acceptors (Lipinski definition) is 3. The lowest BCUT2D eigenvalue weighted by atomic mass is 10.0. The van der Waals surface area contributed by atoms with Gasteiger partial charge in [-0.25, -0.2) is 0 Å². The van der Waals surface area contributed by atoms with Crippen LogP contribution in [0.5, 0.6) is 0 Å². The van der Waals surface area contributed by atoms with Crippen molar-refractivity contribution >= 4 is 11.6 Å². The molecule has 0 saturated carbocycles. The summed E-state index contributed by atoms with van der Waals surface area (Å²) in [4.78, 5) is 7.64. The Morgan fingerprint density at radius 3 is 2.47 bits per heavy atom. The quantitative estimate of drug-likeness (QED) is 0.923. The molecule has 0 saturated heterocycles. The Morgan fingerprint density at radius 1 is 1.16 bits per heavy atom. The molecule has 1 unspecified atom stereocenters. The molecule has 2 N–H and O–H groups in total. The molecule has 0 radical (unpaired) electrons. The van der Waals surface area contributed by atoms with E-state index in [0.717, 1.165) is 6.07 Å². The van der Waals surface area contributed by atoms with Gasteiger partial charge in [0.05, 0.1) is 28.0 Å². The van der Waals surface area contributed by atoms with E-state index >= 15 is 0 Å². The monoisotopic (exact) mass is 287 g/mol. The van der Waals surface area contributed by atoms with Crippen LogP contribution in [0.25, 0.3) is 0 Å². The lowest BCUT2D eigenvalue weighted by Gasteiger charge is -2.16. The Hall–Kier alpha value is -1.66. The molecule has 0 amide bonds. The number of halogens is 4. The average Bonchev–Trinajstić information content (AvgIpc) is 2.38. The average molecular weight is 288 g/mol. The number of nitrogens with zero attached hydrogens (tertiary/aromatic N) is 2. The van der Waals surface area contributed by atoms with Crippen LogP contribution in [0.1, 0.15) is 23.0 Å². The van der Waals surface area contributed by atoms with E-state index in [1.807, 2.05) is 0 Å². The van der Waals surface area contributed by atoms with Crippen molar-refractivity contribution in [3.8, 4) is 0 Å². The third kappa shape index (κ3) is 3.02. The van der Waals surface area contributed by atoms with E-state index in [4.69, 9.17) is 17.3 Å². The molecular formula is C12H9ClF3N3. The highest BCUT2D eigenvalue weighted by molar-refractivity contribution is 6.30. The van der Waals surface area contributed by atoms with Gasteiger partial charge in [0.25, 0.3) is 0 Å². The molecule has 0 spiro atoms. The molecule has 1 atom stereocenters. The number of aromatic nitrogens is 2. The van der Waals surface area contributed by atoms with Gasteiger partial charge in [0.15, 0.2) is 0 Å². The normalized spacial score (nSPS) is 13.3. The summed E-state index contributed by atoms with van der Waals surface area (Å²) in [6, 6.07) is 4.09. The van der Waals surface area contributed by atoms with Crippen molar-refractivity contribution in [3.05, 3.63) is 58.6 Å². The van der Waals surface area contributed by atoms with Crippen molar-refractivity contribution in [1.29, 1.82) is 0 Å². The molecule has 2 aromatic heterocycles. The molecule has 2 aromatic rings. The zero-order valence-corrected chi connectivity index (χ0v) is 10.3. The van der Waals surface area contributed by atoms with Crippen molar-refractivity contribution < 1.29 is 13.2 Å². The SMILES string of the molecule is NC(c1ccc(Cl)cn1)c1ncccc1C(F)(F)F. The molecule has 2 rings (SSSR count). The molecule has 7 heteroatoms. The zero-order valence-electron chi connectivity index (χ0n) is 9.53. The molecule has 0 aliphatic rings. The van der Waals surface area contributed by atoms with E-state index in [2.05, 4.69) is 9.97 Å². The molecule has 19 heavy (non-hydrogen) atoms. The zero-order chi connectivity index (χ0) is 14.0. The number of nitrogens with two attached hydrogens (primary N) is 1. The minimum absolute atomic E-state index is 0.259. The fourth-order valence-electron chi connectivity index (χ4n) is 1.62. The van der Waals surface area contributed by atoms with Crippen LogP contribution in [-0.2, 0) is 6.18 Å². The van der Waals surface area contributed by atoms with Gasteiger partial charge in [0.2, 0.25) is 0 Å². The van der Waals surface area contributed by atoms with E-state index in [9.17, 15) is 13.2 Å². The van der Waals surface area contributed by atoms with Crippen LogP contribution >= 0.6 is 11.6 Å². The third-order valence-electron chi connectivity index (χ3n) is 2.51. The van der Waals surface area contributed by atoms with Gasteiger partial charge < -0.3 is 5.73 Å². The molecule has 0 bridgehead atoms. The number of hydrogen-bond donors (Lipinski definition) is 1. The summed E-state index contributed by atoms with van der Waals surface area (Å²) in [5.74, 6) is 0. The highest BCUT2D eigenvalue weighted by Gasteiger charge is 2.35. The first-order valence-corrected chi connectivity index (χ1v) is 5.66. The summed E-state index contributed by atoms with van der Waals surface area (Å²) < 4.78 is 38.6. The molecule has 0 fully saturated rings. The van der Waals surface area contributed by atoms with Crippen molar-refractivity contribution in [1.82, 2.24) is 9.97 Å². The van der Waals surface area contributed by atoms with E-state index in [1.165, 1.54) is 30.6 Å². The number of pyridine rings is 2. The van der Waals surface area contributed by atoms with Gasteiger partial charge in [-0.15, -0.1) is 0 Å². The Kier molecular flexibility index (Phi) is 3.73. The van der Waals surface area contributed by atoms with Crippen LogP contribution in [0.2, 0.25) is 5.02 Å². The minimum atomic E-state index is -4.51. The Bertz CT molecular complexity index is 569. The van der Waals surface area contributed by atoms with Gasteiger partial charge in [0, 0.05) is 12.4 Å². The van der Waals surface area contributed by atoms with Gasteiger partial charge in [-0.3, -0.25) is 9.97 Å². The molecule has 100 valence electrons. The fourth-order valence-corrected chi connectivity index (χ4v) is 1.73. The topological polar surface area (TPSA) is 51.8 Å². The standard InChI is InChI=1S/C12H9ClF3N3/c13-7-3-4-9(19-6-7)10(17)11-8(12(14,15)16)2-1-5-18-11/h1-6,10H,17H2. The Balaban J connectivity index is 2.44. The second kappa shape index (κ2) is 5.14. The molecule has 0 aliphatic carbocycles. The van der Waals surface area contributed by atoms with Gasteiger partial charge in [-0.1, -0.05) is 11.6 Å².